The molecule has 1 heterocycles. The second-order valence-electron chi connectivity index (χ2n) is 4.90. The molecule has 1 atom stereocenters. The van der Waals surface area contributed by atoms with Crippen LogP contribution in [0.25, 0.3) is 0 Å². The quantitative estimate of drug-likeness (QED) is 0.483. The lowest BCUT2D eigenvalue weighted by atomic mass is 10.2. The minimum atomic E-state index is -0.466. The van der Waals surface area contributed by atoms with Crippen LogP contribution >= 0.6 is 11.3 Å². The Morgan fingerprint density at radius 1 is 1.39 bits per heavy atom. The Kier molecular flexibility index (Phi) is 5.42. The van der Waals surface area contributed by atoms with E-state index in [2.05, 4.69) is 15.8 Å². The highest BCUT2D eigenvalue weighted by molar-refractivity contribution is 7.16. The van der Waals surface area contributed by atoms with Crippen molar-refractivity contribution >= 4 is 34.1 Å². The third kappa shape index (κ3) is 4.89. The van der Waals surface area contributed by atoms with Crippen molar-refractivity contribution in [3.05, 3.63) is 57.0 Å². The van der Waals surface area contributed by atoms with Crippen LogP contribution in [0, 0.1) is 17.0 Å². The third-order valence-corrected chi connectivity index (χ3v) is 3.93. The molecular weight excluding hydrogens is 316 g/mol. The fourth-order valence-corrected chi connectivity index (χ4v) is 2.51. The number of nitro groups is 1. The van der Waals surface area contributed by atoms with Crippen molar-refractivity contribution in [3.8, 4) is 0 Å². The van der Waals surface area contributed by atoms with E-state index in [1.165, 1.54) is 12.3 Å². The van der Waals surface area contributed by atoms with Gasteiger partial charge < -0.3 is 5.32 Å². The number of thiophene rings is 1. The lowest BCUT2D eigenvalue weighted by Gasteiger charge is -2.13. The molecule has 2 rings (SSSR count). The van der Waals surface area contributed by atoms with Gasteiger partial charge in [-0.15, -0.1) is 0 Å². The van der Waals surface area contributed by atoms with Gasteiger partial charge in [-0.25, -0.2) is 5.43 Å². The van der Waals surface area contributed by atoms with Gasteiger partial charge in [-0.1, -0.05) is 23.5 Å². The molecule has 0 saturated carbocycles. The molecular formula is C15H16N4O3S. The summed E-state index contributed by atoms with van der Waals surface area (Å²) in [4.78, 5) is 22.7. The van der Waals surface area contributed by atoms with Gasteiger partial charge in [0.05, 0.1) is 16.0 Å². The molecule has 0 radical (unpaired) electrons. The number of rotatable bonds is 6. The highest BCUT2D eigenvalue weighted by atomic mass is 32.1. The average Bonchev–Trinajstić information content (AvgIpc) is 2.96. The van der Waals surface area contributed by atoms with Crippen molar-refractivity contribution in [1.29, 1.82) is 0 Å². The van der Waals surface area contributed by atoms with Crippen molar-refractivity contribution in [2.24, 2.45) is 5.10 Å². The van der Waals surface area contributed by atoms with Crippen LogP contribution in [0.4, 0.5) is 10.7 Å². The summed E-state index contributed by atoms with van der Waals surface area (Å²) in [5.41, 5.74) is 4.36. The molecule has 0 aliphatic carbocycles. The number of nitrogens with one attached hydrogen (secondary N) is 2. The summed E-state index contributed by atoms with van der Waals surface area (Å²) in [5, 5.41) is 17.5. The van der Waals surface area contributed by atoms with Gasteiger partial charge in [0, 0.05) is 11.8 Å². The Bertz CT molecular complexity index is 742. The molecule has 23 heavy (non-hydrogen) atoms. The first-order valence-electron chi connectivity index (χ1n) is 6.86. The van der Waals surface area contributed by atoms with E-state index in [0.29, 0.717) is 4.88 Å². The summed E-state index contributed by atoms with van der Waals surface area (Å²) in [6.07, 6.45) is 1.38. The van der Waals surface area contributed by atoms with Crippen LogP contribution in [0.1, 0.15) is 17.4 Å². The first kappa shape index (κ1) is 16.6. The number of carbonyl (C=O) groups is 1. The Hall–Kier alpha value is -2.74. The maximum atomic E-state index is 11.9. The van der Waals surface area contributed by atoms with Crippen LogP contribution in [0.2, 0.25) is 0 Å². The molecule has 0 unspecified atom stereocenters. The molecule has 2 aromatic rings. The Balaban J connectivity index is 1.88. The lowest BCUT2D eigenvalue weighted by molar-refractivity contribution is -0.380. The molecule has 1 amide bonds. The zero-order valence-corrected chi connectivity index (χ0v) is 13.5. The van der Waals surface area contributed by atoms with Crippen LogP contribution < -0.4 is 10.7 Å². The number of benzene rings is 1. The molecule has 0 bridgehead atoms. The number of anilines is 1. The van der Waals surface area contributed by atoms with Crippen molar-refractivity contribution < 1.29 is 9.72 Å². The maximum Gasteiger partial charge on any atom is 0.324 e. The molecule has 0 aliphatic rings. The predicted molar refractivity (Wildman–Crippen MR) is 91.0 cm³/mol. The summed E-state index contributed by atoms with van der Waals surface area (Å²) in [6, 6.07) is 10.2. The minimum Gasteiger partial charge on any atom is -0.374 e. The molecule has 0 fully saturated rings. The van der Waals surface area contributed by atoms with Crippen LogP contribution in [-0.2, 0) is 4.79 Å². The summed E-state index contributed by atoms with van der Waals surface area (Å²) >= 11 is 0.990. The van der Waals surface area contributed by atoms with Gasteiger partial charge in [0.25, 0.3) is 5.91 Å². The van der Waals surface area contributed by atoms with Gasteiger partial charge in [0.15, 0.2) is 0 Å². The minimum absolute atomic E-state index is 0.0345. The number of hydrogen-bond acceptors (Lipinski definition) is 6. The molecule has 0 spiro atoms. The number of hydrogen-bond donors (Lipinski definition) is 2. The number of hydrazone groups is 1. The van der Waals surface area contributed by atoms with E-state index in [-0.39, 0.29) is 10.9 Å². The lowest BCUT2D eigenvalue weighted by Crippen LogP contribution is -2.34. The largest absolute Gasteiger partial charge is 0.374 e. The summed E-state index contributed by atoms with van der Waals surface area (Å²) in [5.74, 6) is -0.297. The third-order valence-electron chi connectivity index (χ3n) is 2.95. The maximum absolute atomic E-state index is 11.9. The van der Waals surface area contributed by atoms with Crippen LogP contribution in [0.5, 0.6) is 0 Å². The summed E-state index contributed by atoms with van der Waals surface area (Å²) in [7, 11) is 0. The molecule has 2 N–H and O–H groups in total. The monoisotopic (exact) mass is 332 g/mol. The SMILES string of the molecule is Cc1cccc(N[C@H](C)C(=O)N/N=C\c2ccc([N+](=O)[O-])s2)c1. The second-order valence-corrected chi connectivity index (χ2v) is 6.00. The van der Waals surface area contributed by atoms with E-state index in [1.807, 2.05) is 31.2 Å². The highest BCUT2D eigenvalue weighted by Crippen LogP contribution is 2.22. The van der Waals surface area contributed by atoms with Crippen molar-refractivity contribution in [1.82, 2.24) is 5.43 Å². The molecule has 120 valence electrons. The second kappa shape index (κ2) is 7.50. The Labute approximate surface area is 137 Å². The average molecular weight is 332 g/mol. The molecule has 1 aromatic carbocycles. The molecule has 1 aromatic heterocycles. The Morgan fingerprint density at radius 2 is 2.17 bits per heavy atom. The van der Waals surface area contributed by atoms with E-state index in [9.17, 15) is 14.9 Å². The molecule has 0 aliphatic heterocycles. The van der Waals surface area contributed by atoms with E-state index >= 15 is 0 Å². The smallest absolute Gasteiger partial charge is 0.324 e. The summed E-state index contributed by atoms with van der Waals surface area (Å²) < 4.78 is 0. The van der Waals surface area contributed by atoms with Crippen LogP contribution in [0.3, 0.4) is 0 Å². The van der Waals surface area contributed by atoms with Gasteiger partial charge in [0.1, 0.15) is 6.04 Å². The number of carbonyl (C=O) groups excluding carboxylic acids is 1. The first-order chi connectivity index (χ1) is 11.0. The van der Waals surface area contributed by atoms with Gasteiger partial charge in [0.2, 0.25) is 0 Å². The standard InChI is InChI=1S/C15H16N4O3S/c1-10-4-3-5-12(8-10)17-11(2)15(20)18-16-9-13-6-7-14(23-13)19(21)22/h3-9,11,17H,1-2H3,(H,18,20)/b16-9-/t11-/m1/s1. The van der Waals surface area contributed by atoms with E-state index in [0.717, 1.165) is 22.6 Å². The summed E-state index contributed by atoms with van der Waals surface area (Å²) in [6.45, 7) is 3.70. The van der Waals surface area contributed by atoms with Gasteiger partial charge >= 0.3 is 5.00 Å². The van der Waals surface area contributed by atoms with E-state index in [1.54, 1.807) is 13.0 Å². The molecule has 7 nitrogen and oxygen atoms in total. The van der Waals surface area contributed by atoms with E-state index in [4.69, 9.17) is 0 Å². The normalized spacial score (nSPS) is 12.1. The fraction of sp³-hybridized carbons (Fsp3) is 0.200. The predicted octanol–water partition coefficient (Wildman–Crippen LogP) is 2.92. The zero-order valence-electron chi connectivity index (χ0n) is 12.6. The zero-order chi connectivity index (χ0) is 16.8. The Morgan fingerprint density at radius 3 is 2.83 bits per heavy atom. The molecule has 8 heteroatoms. The fourth-order valence-electron chi connectivity index (χ4n) is 1.82. The van der Waals surface area contributed by atoms with Gasteiger partial charge in [-0.05, 0) is 37.6 Å². The number of aryl methyl sites for hydroxylation is 1. The van der Waals surface area contributed by atoms with Gasteiger partial charge in [-0.3, -0.25) is 14.9 Å². The van der Waals surface area contributed by atoms with Crippen molar-refractivity contribution in [3.63, 3.8) is 0 Å². The van der Waals surface area contributed by atoms with Crippen molar-refractivity contribution in [2.75, 3.05) is 5.32 Å². The molecule has 0 saturated heterocycles. The van der Waals surface area contributed by atoms with Crippen molar-refractivity contribution in [2.45, 2.75) is 19.9 Å². The van der Waals surface area contributed by atoms with Crippen LogP contribution in [-0.4, -0.2) is 23.1 Å². The topological polar surface area (TPSA) is 96.6 Å². The van der Waals surface area contributed by atoms with Crippen LogP contribution in [0.15, 0.2) is 41.5 Å². The number of nitrogens with zero attached hydrogens (tertiary/aromatic N) is 2. The van der Waals surface area contributed by atoms with E-state index < -0.39 is 11.0 Å². The number of amides is 1. The highest BCUT2D eigenvalue weighted by Gasteiger charge is 2.12. The van der Waals surface area contributed by atoms with Gasteiger partial charge in [-0.2, -0.15) is 5.10 Å². The first-order valence-corrected chi connectivity index (χ1v) is 7.67.